The highest BCUT2D eigenvalue weighted by molar-refractivity contribution is 7.10. The molecule has 0 aliphatic carbocycles. The molecule has 1 aliphatic heterocycles. The van der Waals surface area contributed by atoms with E-state index in [0.29, 0.717) is 0 Å². The van der Waals surface area contributed by atoms with Gasteiger partial charge in [-0.1, -0.05) is 19.4 Å². The average Bonchev–Trinajstić information content (AvgIpc) is 2.90. The first-order valence-corrected chi connectivity index (χ1v) is 7.67. The van der Waals surface area contributed by atoms with E-state index in [9.17, 15) is 4.79 Å². The van der Waals surface area contributed by atoms with Crippen LogP contribution in [0.2, 0.25) is 0 Å². The first-order chi connectivity index (χ1) is 8.77. The summed E-state index contributed by atoms with van der Waals surface area (Å²) in [5.74, 6) is 0.274. The normalized spacial score (nSPS) is 22.2. The van der Waals surface area contributed by atoms with Crippen molar-refractivity contribution in [3.05, 3.63) is 22.4 Å². The van der Waals surface area contributed by atoms with E-state index in [2.05, 4.69) is 34.7 Å². The number of piperidine rings is 1. The van der Waals surface area contributed by atoms with Crippen molar-refractivity contribution in [1.82, 2.24) is 10.2 Å². The Labute approximate surface area is 113 Å². The van der Waals surface area contributed by atoms with E-state index < -0.39 is 0 Å². The molecule has 1 fully saturated rings. The molecule has 1 aromatic heterocycles. The summed E-state index contributed by atoms with van der Waals surface area (Å²) in [6.45, 7) is 3.09. The van der Waals surface area contributed by atoms with Crippen molar-refractivity contribution in [2.45, 2.75) is 44.7 Å². The number of nitrogens with one attached hydrogen (secondary N) is 1. The van der Waals surface area contributed by atoms with Gasteiger partial charge in [0.2, 0.25) is 5.91 Å². The molecule has 1 aromatic rings. The first kappa shape index (κ1) is 13.6. The van der Waals surface area contributed by atoms with Crippen LogP contribution >= 0.6 is 11.3 Å². The lowest BCUT2D eigenvalue weighted by molar-refractivity contribution is -0.138. The van der Waals surface area contributed by atoms with Crippen molar-refractivity contribution in [3.63, 3.8) is 0 Å². The fourth-order valence-corrected chi connectivity index (χ4v) is 3.56. The lowest BCUT2D eigenvalue weighted by Crippen LogP contribution is -2.50. The number of hydrogen-bond donors (Lipinski definition) is 1. The van der Waals surface area contributed by atoms with Gasteiger partial charge in [-0.15, -0.1) is 11.3 Å². The van der Waals surface area contributed by atoms with Crippen LogP contribution < -0.4 is 5.32 Å². The van der Waals surface area contributed by atoms with Gasteiger partial charge in [-0.2, -0.15) is 0 Å². The third kappa shape index (κ3) is 2.75. The maximum Gasteiger partial charge on any atom is 0.240 e. The molecule has 2 atom stereocenters. The minimum absolute atomic E-state index is 0.0121. The van der Waals surface area contributed by atoms with Gasteiger partial charge >= 0.3 is 0 Å². The monoisotopic (exact) mass is 266 g/mol. The predicted octanol–water partition coefficient (Wildman–Crippen LogP) is 2.80. The van der Waals surface area contributed by atoms with E-state index in [1.54, 1.807) is 11.3 Å². The SMILES string of the molecule is CCCC(c1cccs1)N1CCCC(NC)C1=O. The van der Waals surface area contributed by atoms with Gasteiger partial charge in [0.15, 0.2) is 0 Å². The summed E-state index contributed by atoms with van der Waals surface area (Å²) < 4.78 is 0. The van der Waals surface area contributed by atoms with Gasteiger partial charge in [0.05, 0.1) is 12.1 Å². The summed E-state index contributed by atoms with van der Waals surface area (Å²) in [6, 6.07) is 4.52. The number of likely N-dealkylation sites (tertiary alicyclic amines) is 1. The molecule has 1 N–H and O–H groups in total. The number of nitrogens with zero attached hydrogens (tertiary/aromatic N) is 1. The Kier molecular flexibility index (Phi) is 4.78. The van der Waals surface area contributed by atoms with Gasteiger partial charge < -0.3 is 10.2 Å². The summed E-state index contributed by atoms with van der Waals surface area (Å²) in [6.07, 6.45) is 4.23. The summed E-state index contributed by atoms with van der Waals surface area (Å²) in [5, 5.41) is 5.24. The topological polar surface area (TPSA) is 32.3 Å². The molecule has 18 heavy (non-hydrogen) atoms. The molecular formula is C14H22N2OS. The van der Waals surface area contributed by atoms with Crippen LogP contribution in [0.4, 0.5) is 0 Å². The standard InChI is InChI=1S/C14H22N2OS/c1-3-6-12(13-8-5-10-18-13)16-9-4-7-11(15-2)14(16)17/h5,8,10-12,15H,3-4,6-7,9H2,1-2H3. The molecule has 0 spiro atoms. The molecule has 3 nitrogen and oxygen atoms in total. The highest BCUT2D eigenvalue weighted by atomic mass is 32.1. The number of hydrogen-bond acceptors (Lipinski definition) is 3. The van der Waals surface area contributed by atoms with Crippen LogP contribution in [0.15, 0.2) is 17.5 Å². The summed E-state index contributed by atoms with van der Waals surface area (Å²) in [5.41, 5.74) is 0. The Bertz CT molecular complexity index is 377. The van der Waals surface area contributed by atoms with E-state index in [1.165, 1.54) is 4.88 Å². The number of carbonyl (C=O) groups is 1. The van der Waals surface area contributed by atoms with Crippen LogP contribution in [-0.2, 0) is 4.79 Å². The molecule has 0 radical (unpaired) electrons. The van der Waals surface area contributed by atoms with Crippen molar-refractivity contribution in [2.75, 3.05) is 13.6 Å². The number of likely N-dealkylation sites (N-methyl/N-ethyl adjacent to an activating group) is 1. The van der Waals surface area contributed by atoms with Crippen molar-refractivity contribution in [2.24, 2.45) is 0 Å². The van der Waals surface area contributed by atoms with Crippen molar-refractivity contribution in [1.29, 1.82) is 0 Å². The number of rotatable bonds is 5. The second kappa shape index (κ2) is 6.34. The van der Waals surface area contributed by atoms with Crippen LogP contribution in [0.3, 0.4) is 0 Å². The van der Waals surface area contributed by atoms with Crippen LogP contribution in [-0.4, -0.2) is 30.4 Å². The molecule has 2 rings (SSSR count). The molecule has 0 saturated carbocycles. The number of amides is 1. The van der Waals surface area contributed by atoms with Crippen molar-refractivity contribution < 1.29 is 4.79 Å². The zero-order valence-corrected chi connectivity index (χ0v) is 12.0. The Balaban J connectivity index is 2.17. The van der Waals surface area contributed by atoms with E-state index in [1.807, 2.05) is 7.05 Å². The van der Waals surface area contributed by atoms with Crippen molar-refractivity contribution >= 4 is 17.2 Å². The van der Waals surface area contributed by atoms with Gasteiger partial charge in [0, 0.05) is 11.4 Å². The zero-order valence-electron chi connectivity index (χ0n) is 11.2. The Morgan fingerprint density at radius 2 is 2.44 bits per heavy atom. The third-order valence-corrected chi connectivity index (χ3v) is 4.60. The van der Waals surface area contributed by atoms with Gasteiger partial charge in [-0.05, 0) is 37.8 Å². The fraction of sp³-hybridized carbons (Fsp3) is 0.643. The molecule has 1 aliphatic rings. The smallest absolute Gasteiger partial charge is 0.240 e. The summed E-state index contributed by atoms with van der Waals surface area (Å²) in [7, 11) is 1.88. The molecule has 1 saturated heterocycles. The van der Waals surface area contributed by atoms with Crippen molar-refractivity contribution in [3.8, 4) is 0 Å². The lowest BCUT2D eigenvalue weighted by Gasteiger charge is -2.37. The summed E-state index contributed by atoms with van der Waals surface area (Å²) in [4.78, 5) is 15.8. The Hall–Kier alpha value is -0.870. The molecule has 0 aromatic carbocycles. The zero-order chi connectivity index (χ0) is 13.0. The Morgan fingerprint density at radius 3 is 3.06 bits per heavy atom. The van der Waals surface area contributed by atoms with Crippen LogP contribution in [0, 0.1) is 0 Å². The van der Waals surface area contributed by atoms with E-state index in [-0.39, 0.29) is 18.0 Å². The van der Waals surface area contributed by atoms with Gasteiger partial charge in [-0.25, -0.2) is 0 Å². The largest absolute Gasteiger partial charge is 0.333 e. The lowest BCUT2D eigenvalue weighted by atomic mass is 10.00. The van der Waals surface area contributed by atoms with Gasteiger partial charge in [-0.3, -0.25) is 4.79 Å². The first-order valence-electron chi connectivity index (χ1n) is 6.79. The van der Waals surface area contributed by atoms with Gasteiger partial charge in [0.1, 0.15) is 0 Å². The molecule has 2 heterocycles. The maximum atomic E-state index is 12.4. The average molecular weight is 266 g/mol. The fourth-order valence-electron chi connectivity index (χ4n) is 2.68. The van der Waals surface area contributed by atoms with Crippen LogP contribution in [0.5, 0.6) is 0 Å². The maximum absolute atomic E-state index is 12.4. The number of thiophene rings is 1. The molecule has 1 amide bonds. The minimum atomic E-state index is 0.0121. The number of carbonyl (C=O) groups excluding carboxylic acids is 1. The second-order valence-electron chi connectivity index (χ2n) is 4.84. The predicted molar refractivity (Wildman–Crippen MR) is 75.8 cm³/mol. The molecule has 4 heteroatoms. The molecular weight excluding hydrogens is 244 g/mol. The van der Waals surface area contributed by atoms with E-state index in [4.69, 9.17) is 0 Å². The highest BCUT2D eigenvalue weighted by Crippen LogP contribution is 2.32. The quantitative estimate of drug-likeness (QED) is 0.889. The van der Waals surface area contributed by atoms with Crippen LogP contribution in [0.1, 0.15) is 43.5 Å². The van der Waals surface area contributed by atoms with E-state index in [0.717, 1.165) is 32.2 Å². The summed E-state index contributed by atoms with van der Waals surface area (Å²) >= 11 is 1.76. The molecule has 0 bridgehead atoms. The van der Waals surface area contributed by atoms with E-state index >= 15 is 0 Å². The second-order valence-corrected chi connectivity index (χ2v) is 5.81. The van der Waals surface area contributed by atoms with Gasteiger partial charge in [0.25, 0.3) is 0 Å². The van der Waals surface area contributed by atoms with Crippen LogP contribution in [0.25, 0.3) is 0 Å². The third-order valence-electron chi connectivity index (χ3n) is 3.63. The molecule has 2 unspecified atom stereocenters. The molecule has 100 valence electrons. The highest BCUT2D eigenvalue weighted by Gasteiger charge is 2.32. The minimum Gasteiger partial charge on any atom is -0.333 e. The Morgan fingerprint density at radius 1 is 1.61 bits per heavy atom.